The summed E-state index contributed by atoms with van der Waals surface area (Å²) in [5, 5.41) is 16.4. The van der Waals surface area contributed by atoms with Crippen LogP contribution in [0.15, 0.2) is 48.5 Å². The van der Waals surface area contributed by atoms with Gasteiger partial charge in [-0.05, 0) is 49.2 Å². The molecule has 2 aliphatic rings. The first-order valence-corrected chi connectivity index (χ1v) is 11.1. The van der Waals surface area contributed by atoms with Crippen molar-refractivity contribution < 1.29 is 14.0 Å². The van der Waals surface area contributed by atoms with Crippen molar-refractivity contribution in [3.8, 4) is 17.3 Å². The van der Waals surface area contributed by atoms with Crippen molar-refractivity contribution in [3.63, 3.8) is 0 Å². The van der Waals surface area contributed by atoms with Gasteiger partial charge in [0.15, 0.2) is 0 Å². The van der Waals surface area contributed by atoms with Gasteiger partial charge in [-0.1, -0.05) is 26.0 Å². The normalized spacial score (nSPS) is 14.9. The maximum absolute atomic E-state index is 13.8. The van der Waals surface area contributed by atoms with Gasteiger partial charge in [0.25, 0.3) is 5.91 Å². The number of nitrogens with zero attached hydrogens (tertiary/aromatic N) is 4. The largest absolute Gasteiger partial charge is 0.365 e. The Morgan fingerprint density at radius 3 is 2.47 bits per heavy atom. The van der Waals surface area contributed by atoms with Crippen LogP contribution in [0.2, 0.25) is 0 Å². The molecule has 3 N–H and O–H groups in total. The van der Waals surface area contributed by atoms with Crippen molar-refractivity contribution in [2.45, 2.75) is 38.8 Å². The third-order valence-electron chi connectivity index (χ3n) is 5.98. The van der Waals surface area contributed by atoms with Crippen molar-refractivity contribution in [3.05, 3.63) is 71.2 Å². The summed E-state index contributed by atoms with van der Waals surface area (Å²) in [6.07, 6.45) is 1.62. The first-order chi connectivity index (χ1) is 16.4. The van der Waals surface area contributed by atoms with Crippen molar-refractivity contribution in [2.75, 3.05) is 11.9 Å². The fourth-order valence-corrected chi connectivity index (χ4v) is 4.24. The molecule has 1 aliphatic carbocycles. The van der Waals surface area contributed by atoms with Gasteiger partial charge in [0.2, 0.25) is 0 Å². The van der Waals surface area contributed by atoms with Crippen LogP contribution in [0.1, 0.15) is 48.3 Å². The number of urea groups is 1. The Hall–Kier alpha value is -4.19. The minimum atomic E-state index is -0.671. The van der Waals surface area contributed by atoms with Crippen LogP contribution in [0.5, 0.6) is 0 Å². The number of nitrogens with one attached hydrogen (secondary N) is 1. The fraction of sp³-hybridized carbons (Fsp3) is 0.280. The number of hydrogen-bond donors (Lipinski definition) is 2. The standard InChI is InChI=1S/C23H19FN6O2.C2H6/c24-16-3-1-2-15(10-16)20-19(21(26)31)18-12-29(13-23(8-9-23)30(18)28-20)22(32)27-17-6-4-14(11-25)5-7-17;1-2/h1-7,10H,8-9,12-13H2,(H2,26,31)(H,27,32);1-2H3. The van der Waals surface area contributed by atoms with Gasteiger partial charge < -0.3 is 16.0 Å². The van der Waals surface area contributed by atoms with Gasteiger partial charge in [0.1, 0.15) is 11.5 Å². The summed E-state index contributed by atoms with van der Waals surface area (Å²) < 4.78 is 15.6. The summed E-state index contributed by atoms with van der Waals surface area (Å²) >= 11 is 0. The Balaban J connectivity index is 0.00000133. The van der Waals surface area contributed by atoms with Gasteiger partial charge in [-0.3, -0.25) is 9.48 Å². The number of primary amides is 1. The Morgan fingerprint density at radius 1 is 1.18 bits per heavy atom. The van der Waals surface area contributed by atoms with E-state index >= 15 is 0 Å². The van der Waals surface area contributed by atoms with Crippen LogP contribution in [0, 0.1) is 17.1 Å². The molecule has 3 amide bonds. The van der Waals surface area contributed by atoms with Gasteiger partial charge in [-0.2, -0.15) is 10.4 Å². The number of benzene rings is 2. The number of carbonyl (C=O) groups excluding carboxylic acids is 2. The minimum Gasteiger partial charge on any atom is -0.365 e. The number of anilines is 1. The van der Waals surface area contributed by atoms with Crippen molar-refractivity contribution >= 4 is 17.6 Å². The molecule has 2 aromatic carbocycles. The zero-order valence-electron chi connectivity index (χ0n) is 19.0. The van der Waals surface area contributed by atoms with Crippen LogP contribution in [-0.4, -0.2) is 33.2 Å². The van der Waals surface area contributed by atoms with E-state index in [0.29, 0.717) is 34.7 Å². The number of nitrogens with two attached hydrogens (primary N) is 1. The first-order valence-electron chi connectivity index (χ1n) is 11.1. The van der Waals surface area contributed by atoms with Crippen LogP contribution in [-0.2, 0) is 12.1 Å². The summed E-state index contributed by atoms with van der Waals surface area (Å²) in [5.41, 5.74) is 7.92. The van der Waals surface area contributed by atoms with Crippen LogP contribution in [0.3, 0.4) is 0 Å². The number of fused-ring (bicyclic) bond motifs is 2. The molecule has 174 valence electrons. The predicted molar refractivity (Wildman–Crippen MR) is 125 cm³/mol. The highest BCUT2D eigenvalue weighted by Crippen LogP contribution is 2.48. The van der Waals surface area contributed by atoms with E-state index in [4.69, 9.17) is 11.0 Å². The van der Waals surface area contributed by atoms with Crippen LogP contribution in [0.25, 0.3) is 11.3 Å². The molecule has 9 heteroatoms. The lowest BCUT2D eigenvalue weighted by Crippen LogP contribution is -2.47. The predicted octanol–water partition coefficient (Wildman–Crippen LogP) is 4.22. The van der Waals surface area contributed by atoms with E-state index in [0.717, 1.165) is 12.8 Å². The van der Waals surface area contributed by atoms with Gasteiger partial charge in [-0.25, -0.2) is 9.18 Å². The molecule has 2 heterocycles. The van der Waals surface area contributed by atoms with Gasteiger partial charge in [0.05, 0.1) is 35.0 Å². The lowest BCUT2D eigenvalue weighted by atomic mass is 10.0. The summed E-state index contributed by atoms with van der Waals surface area (Å²) in [6.45, 7) is 4.58. The molecule has 3 aromatic rings. The van der Waals surface area contributed by atoms with Gasteiger partial charge in [0, 0.05) is 17.8 Å². The Kier molecular flexibility index (Phi) is 6.07. The third-order valence-corrected chi connectivity index (χ3v) is 5.98. The monoisotopic (exact) mass is 460 g/mol. The number of halogens is 1. The van der Waals surface area contributed by atoms with E-state index in [1.807, 2.05) is 19.9 Å². The molecular weight excluding hydrogens is 435 g/mol. The summed E-state index contributed by atoms with van der Waals surface area (Å²) in [5.74, 6) is -1.11. The zero-order valence-corrected chi connectivity index (χ0v) is 19.0. The molecule has 1 spiro atoms. The summed E-state index contributed by atoms with van der Waals surface area (Å²) in [6, 6.07) is 14.2. The van der Waals surface area contributed by atoms with Gasteiger partial charge in [-0.15, -0.1) is 0 Å². The second-order valence-electron chi connectivity index (χ2n) is 8.16. The van der Waals surface area contributed by atoms with Crippen LogP contribution < -0.4 is 11.1 Å². The SMILES string of the molecule is CC.N#Cc1ccc(NC(=O)N2Cc3c(C(N)=O)c(-c4cccc(F)c4)nn3C3(CC3)C2)cc1. The van der Waals surface area contributed by atoms with E-state index in [1.165, 1.54) is 12.1 Å². The number of rotatable bonds is 3. The number of aromatic nitrogens is 2. The summed E-state index contributed by atoms with van der Waals surface area (Å²) in [4.78, 5) is 27.0. The highest BCUT2D eigenvalue weighted by Gasteiger charge is 2.52. The van der Waals surface area contributed by atoms with Gasteiger partial charge >= 0.3 is 6.03 Å². The highest BCUT2D eigenvalue weighted by atomic mass is 19.1. The molecule has 0 bridgehead atoms. The molecule has 0 saturated heterocycles. The molecular formula is C25H25FN6O2. The number of carbonyl (C=O) groups is 2. The molecule has 0 radical (unpaired) electrons. The lowest BCUT2D eigenvalue weighted by molar-refractivity contribution is 0.0996. The first kappa shape index (κ1) is 23.0. The second-order valence-corrected chi connectivity index (χ2v) is 8.16. The molecule has 34 heavy (non-hydrogen) atoms. The van der Waals surface area contributed by atoms with Crippen molar-refractivity contribution in [1.29, 1.82) is 5.26 Å². The number of nitriles is 1. The van der Waals surface area contributed by atoms with E-state index in [-0.39, 0.29) is 18.1 Å². The van der Waals surface area contributed by atoms with E-state index in [9.17, 15) is 14.0 Å². The Labute approximate surface area is 196 Å². The second kappa shape index (κ2) is 8.98. The maximum Gasteiger partial charge on any atom is 0.322 e. The molecule has 0 atom stereocenters. The molecule has 1 aliphatic heterocycles. The number of hydrogen-bond acceptors (Lipinski definition) is 4. The van der Waals surface area contributed by atoms with Crippen molar-refractivity contribution in [2.24, 2.45) is 5.73 Å². The minimum absolute atomic E-state index is 0.143. The van der Waals surface area contributed by atoms with Crippen LogP contribution >= 0.6 is 0 Å². The molecule has 8 nitrogen and oxygen atoms in total. The lowest BCUT2D eigenvalue weighted by Gasteiger charge is -2.34. The Morgan fingerprint density at radius 2 is 1.88 bits per heavy atom. The molecule has 1 fully saturated rings. The molecule has 5 rings (SSSR count). The summed E-state index contributed by atoms with van der Waals surface area (Å²) in [7, 11) is 0. The van der Waals surface area contributed by atoms with E-state index in [1.54, 1.807) is 46.0 Å². The molecule has 1 aromatic heterocycles. The zero-order chi connectivity index (χ0) is 24.5. The maximum atomic E-state index is 13.8. The average molecular weight is 461 g/mol. The average Bonchev–Trinajstić information content (AvgIpc) is 3.48. The highest BCUT2D eigenvalue weighted by molar-refractivity contribution is 6.00. The van der Waals surface area contributed by atoms with E-state index < -0.39 is 17.3 Å². The smallest absolute Gasteiger partial charge is 0.322 e. The fourth-order valence-electron chi connectivity index (χ4n) is 4.24. The third kappa shape index (κ3) is 4.10. The van der Waals surface area contributed by atoms with Crippen LogP contribution in [0.4, 0.5) is 14.9 Å². The van der Waals surface area contributed by atoms with Crippen molar-refractivity contribution in [1.82, 2.24) is 14.7 Å². The molecule has 0 unspecified atom stereocenters. The number of amides is 3. The molecule has 1 saturated carbocycles. The quantitative estimate of drug-likeness (QED) is 0.608. The van der Waals surface area contributed by atoms with E-state index in [2.05, 4.69) is 10.4 Å². The Bertz CT molecular complexity index is 1290. The topological polar surface area (TPSA) is 117 Å².